The van der Waals surface area contributed by atoms with E-state index in [0.717, 1.165) is 0 Å². The zero-order valence-electron chi connectivity index (χ0n) is 9.67. The first-order valence-corrected chi connectivity index (χ1v) is 5.02. The Labute approximate surface area is 99.0 Å². The van der Waals surface area contributed by atoms with E-state index in [1.807, 2.05) is 0 Å². The number of hydrogen-bond donors (Lipinski definition) is 1. The van der Waals surface area contributed by atoms with Gasteiger partial charge >= 0.3 is 11.9 Å². The average molecular weight is 238 g/mol. The van der Waals surface area contributed by atoms with E-state index >= 15 is 0 Å². The Morgan fingerprint density at radius 3 is 2.47 bits per heavy atom. The highest BCUT2D eigenvalue weighted by molar-refractivity contribution is 5.83. The maximum absolute atomic E-state index is 11.2. The van der Waals surface area contributed by atoms with Crippen LogP contribution in [-0.2, 0) is 14.3 Å². The number of para-hydroxylation sites is 1. The number of methoxy groups -OCH3 is 2. The van der Waals surface area contributed by atoms with E-state index in [4.69, 9.17) is 9.84 Å². The highest BCUT2D eigenvalue weighted by Crippen LogP contribution is 2.29. The van der Waals surface area contributed by atoms with Crippen molar-refractivity contribution in [1.29, 1.82) is 0 Å². The lowest BCUT2D eigenvalue weighted by Crippen LogP contribution is -2.17. The molecule has 0 aliphatic rings. The summed E-state index contributed by atoms with van der Waals surface area (Å²) in [5.41, 5.74) is 0.466. The van der Waals surface area contributed by atoms with Crippen LogP contribution in [0.25, 0.3) is 0 Å². The van der Waals surface area contributed by atoms with E-state index in [-0.39, 0.29) is 6.42 Å². The molecule has 0 fully saturated rings. The van der Waals surface area contributed by atoms with Crippen LogP contribution in [0.4, 0.5) is 0 Å². The quantitative estimate of drug-likeness (QED) is 0.785. The lowest BCUT2D eigenvalue weighted by molar-refractivity contribution is -0.147. The lowest BCUT2D eigenvalue weighted by atomic mass is 9.95. The molecule has 92 valence electrons. The lowest BCUT2D eigenvalue weighted by Gasteiger charge is -2.14. The van der Waals surface area contributed by atoms with Gasteiger partial charge in [-0.25, -0.2) is 0 Å². The van der Waals surface area contributed by atoms with E-state index in [1.54, 1.807) is 24.3 Å². The van der Waals surface area contributed by atoms with Crippen LogP contribution < -0.4 is 4.74 Å². The molecule has 1 rings (SSSR count). The van der Waals surface area contributed by atoms with Gasteiger partial charge in [-0.05, 0) is 6.07 Å². The van der Waals surface area contributed by atoms with Gasteiger partial charge in [0.05, 0.1) is 26.6 Å². The summed E-state index contributed by atoms with van der Waals surface area (Å²) in [7, 11) is 2.68. The van der Waals surface area contributed by atoms with Crippen molar-refractivity contribution in [3.05, 3.63) is 29.8 Å². The Morgan fingerprint density at radius 2 is 1.94 bits per heavy atom. The third kappa shape index (κ3) is 3.21. The predicted octanol–water partition coefficient (Wildman–Crippen LogP) is 1.43. The monoisotopic (exact) mass is 238 g/mol. The highest BCUT2D eigenvalue weighted by atomic mass is 16.5. The van der Waals surface area contributed by atoms with E-state index in [1.165, 1.54) is 14.2 Å². The fraction of sp³-hybridized carbons (Fsp3) is 0.333. The summed E-state index contributed by atoms with van der Waals surface area (Å²) in [5, 5.41) is 9.13. The minimum Gasteiger partial charge on any atom is -0.496 e. The van der Waals surface area contributed by atoms with Gasteiger partial charge in [-0.15, -0.1) is 0 Å². The van der Waals surface area contributed by atoms with E-state index in [0.29, 0.717) is 11.3 Å². The van der Waals surface area contributed by atoms with E-state index in [2.05, 4.69) is 4.74 Å². The molecular weight excluding hydrogens is 224 g/mol. The Morgan fingerprint density at radius 1 is 1.29 bits per heavy atom. The van der Waals surface area contributed by atoms with E-state index in [9.17, 15) is 9.59 Å². The molecule has 1 atom stereocenters. The van der Waals surface area contributed by atoms with Gasteiger partial charge in [0.2, 0.25) is 0 Å². The standard InChI is InChI=1S/C12H14O5/c1-16-10-6-4-3-5-8(10)9(12(14)15)7-11(13)17-2/h3-6,9H,7H2,1-2H3,(H,14,15)/t9-/m1/s1. The number of carbonyl (C=O) groups is 2. The third-order valence-electron chi connectivity index (χ3n) is 2.41. The predicted molar refractivity (Wildman–Crippen MR) is 60.0 cm³/mol. The number of carboxylic acid groups (broad SMARTS) is 1. The fourth-order valence-corrected chi connectivity index (χ4v) is 1.53. The minimum atomic E-state index is -1.08. The normalized spacial score (nSPS) is 11.6. The molecule has 0 saturated heterocycles. The topological polar surface area (TPSA) is 72.8 Å². The molecule has 0 aromatic heterocycles. The number of hydrogen-bond acceptors (Lipinski definition) is 4. The molecule has 0 heterocycles. The summed E-state index contributed by atoms with van der Waals surface area (Å²) in [5.74, 6) is -2.16. The number of rotatable bonds is 5. The third-order valence-corrected chi connectivity index (χ3v) is 2.41. The van der Waals surface area contributed by atoms with Gasteiger partial charge in [0.1, 0.15) is 5.75 Å². The summed E-state index contributed by atoms with van der Waals surface area (Å²) in [4.78, 5) is 22.3. The number of ether oxygens (including phenoxy) is 2. The number of carbonyl (C=O) groups excluding carboxylic acids is 1. The molecule has 0 aliphatic carbocycles. The van der Waals surface area contributed by atoms with Crippen molar-refractivity contribution in [2.24, 2.45) is 0 Å². The van der Waals surface area contributed by atoms with Gasteiger partial charge < -0.3 is 14.6 Å². The van der Waals surface area contributed by atoms with Gasteiger partial charge in [-0.3, -0.25) is 9.59 Å². The first-order chi connectivity index (χ1) is 8.10. The number of aliphatic carboxylic acids is 1. The van der Waals surface area contributed by atoms with Crippen molar-refractivity contribution in [3.63, 3.8) is 0 Å². The number of carboxylic acids is 1. The van der Waals surface area contributed by atoms with Crippen LogP contribution in [-0.4, -0.2) is 31.3 Å². The summed E-state index contributed by atoms with van der Waals surface area (Å²) in [6.45, 7) is 0. The molecule has 1 N–H and O–H groups in total. The van der Waals surface area contributed by atoms with Crippen LogP contribution >= 0.6 is 0 Å². The second-order valence-electron chi connectivity index (χ2n) is 3.41. The molecule has 0 radical (unpaired) electrons. The average Bonchev–Trinajstić information content (AvgIpc) is 2.35. The van der Waals surface area contributed by atoms with Gasteiger partial charge in [0.15, 0.2) is 0 Å². The van der Waals surface area contributed by atoms with Crippen LogP contribution in [0.15, 0.2) is 24.3 Å². The number of esters is 1. The zero-order valence-corrected chi connectivity index (χ0v) is 9.67. The van der Waals surface area contributed by atoms with Crippen molar-refractivity contribution >= 4 is 11.9 Å². The molecule has 5 heteroatoms. The van der Waals surface area contributed by atoms with Crippen LogP contribution in [0.5, 0.6) is 5.75 Å². The van der Waals surface area contributed by atoms with Crippen LogP contribution in [0.2, 0.25) is 0 Å². The Balaban J connectivity index is 3.05. The Hall–Kier alpha value is -2.04. The minimum absolute atomic E-state index is 0.216. The van der Waals surface area contributed by atoms with Gasteiger partial charge in [-0.2, -0.15) is 0 Å². The first kappa shape index (κ1) is 13.0. The highest BCUT2D eigenvalue weighted by Gasteiger charge is 2.26. The molecule has 0 unspecified atom stereocenters. The molecule has 0 saturated carbocycles. The molecule has 5 nitrogen and oxygen atoms in total. The summed E-state index contributed by atoms with van der Waals surface area (Å²) < 4.78 is 9.56. The second kappa shape index (κ2) is 5.89. The van der Waals surface area contributed by atoms with Crippen molar-refractivity contribution in [2.75, 3.05) is 14.2 Å². The SMILES string of the molecule is COC(=O)C[C@@H](C(=O)O)c1ccccc1OC. The molecule has 0 bridgehead atoms. The molecular formula is C12H14O5. The number of benzene rings is 1. The van der Waals surface area contributed by atoms with Crippen LogP contribution in [0.3, 0.4) is 0 Å². The molecule has 1 aromatic carbocycles. The second-order valence-corrected chi connectivity index (χ2v) is 3.41. The van der Waals surface area contributed by atoms with Crippen molar-refractivity contribution in [2.45, 2.75) is 12.3 Å². The summed E-state index contributed by atoms with van der Waals surface area (Å²) in [6, 6.07) is 6.72. The Kier molecular flexibility index (Phi) is 4.51. The fourth-order valence-electron chi connectivity index (χ4n) is 1.53. The van der Waals surface area contributed by atoms with Gasteiger partial charge in [0, 0.05) is 5.56 Å². The molecule has 0 aliphatic heterocycles. The summed E-state index contributed by atoms with van der Waals surface area (Å²) >= 11 is 0. The van der Waals surface area contributed by atoms with Crippen LogP contribution in [0.1, 0.15) is 17.9 Å². The summed E-state index contributed by atoms with van der Waals surface area (Å²) in [6.07, 6.45) is -0.216. The largest absolute Gasteiger partial charge is 0.496 e. The maximum atomic E-state index is 11.2. The first-order valence-electron chi connectivity index (χ1n) is 5.02. The molecule has 17 heavy (non-hydrogen) atoms. The van der Waals surface area contributed by atoms with E-state index < -0.39 is 17.9 Å². The molecule has 0 amide bonds. The van der Waals surface area contributed by atoms with Crippen molar-refractivity contribution in [3.8, 4) is 5.75 Å². The Bertz CT molecular complexity index is 413. The van der Waals surface area contributed by atoms with Crippen molar-refractivity contribution < 1.29 is 24.2 Å². The van der Waals surface area contributed by atoms with Gasteiger partial charge in [0.25, 0.3) is 0 Å². The van der Waals surface area contributed by atoms with Gasteiger partial charge in [-0.1, -0.05) is 18.2 Å². The molecule has 1 aromatic rings. The smallest absolute Gasteiger partial charge is 0.311 e. The maximum Gasteiger partial charge on any atom is 0.311 e. The van der Waals surface area contributed by atoms with Crippen LogP contribution in [0, 0.1) is 0 Å². The zero-order chi connectivity index (χ0) is 12.8. The molecule has 0 spiro atoms. The van der Waals surface area contributed by atoms with Crippen molar-refractivity contribution in [1.82, 2.24) is 0 Å².